The molecule has 1 unspecified atom stereocenters. The minimum Gasteiger partial charge on any atom is -0.374 e. The van der Waals surface area contributed by atoms with E-state index in [1.807, 2.05) is 31.5 Å². The second kappa shape index (κ2) is 5.95. The van der Waals surface area contributed by atoms with Crippen LogP contribution in [-0.4, -0.2) is 50.6 Å². The van der Waals surface area contributed by atoms with Gasteiger partial charge in [-0.1, -0.05) is 5.16 Å². The van der Waals surface area contributed by atoms with Gasteiger partial charge in [0.2, 0.25) is 0 Å². The average molecular weight is 291 g/mol. The van der Waals surface area contributed by atoms with E-state index in [1.54, 1.807) is 0 Å². The van der Waals surface area contributed by atoms with Crippen molar-refractivity contribution in [3.05, 3.63) is 29.2 Å². The van der Waals surface area contributed by atoms with Gasteiger partial charge in [-0.3, -0.25) is 4.90 Å². The lowest BCUT2D eigenvalue weighted by molar-refractivity contribution is -0.0425. The molecule has 0 aromatic carbocycles. The first-order valence-electron chi connectivity index (χ1n) is 7.24. The monoisotopic (exact) mass is 291 g/mol. The van der Waals surface area contributed by atoms with Crippen molar-refractivity contribution in [2.75, 3.05) is 19.7 Å². The van der Waals surface area contributed by atoms with Crippen molar-refractivity contribution in [1.82, 2.24) is 24.8 Å². The van der Waals surface area contributed by atoms with Crippen LogP contribution in [0.4, 0.5) is 0 Å². The van der Waals surface area contributed by atoms with Crippen LogP contribution in [0.5, 0.6) is 0 Å². The topological polar surface area (TPSA) is 69.2 Å². The largest absolute Gasteiger partial charge is 0.374 e. The number of ether oxygens (including phenoxy) is 1. The first-order valence-corrected chi connectivity index (χ1v) is 7.24. The first-order chi connectivity index (χ1) is 10.1. The van der Waals surface area contributed by atoms with Gasteiger partial charge in [-0.15, -0.1) is 0 Å². The van der Waals surface area contributed by atoms with Crippen molar-refractivity contribution < 1.29 is 9.26 Å². The van der Waals surface area contributed by atoms with E-state index in [0.29, 0.717) is 0 Å². The Morgan fingerprint density at radius 3 is 2.86 bits per heavy atom. The Morgan fingerprint density at radius 2 is 2.19 bits per heavy atom. The van der Waals surface area contributed by atoms with Gasteiger partial charge in [0.05, 0.1) is 31.5 Å². The number of hydrogen-bond donors (Lipinski definition) is 0. The molecule has 1 saturated heterocycles. The van der Waals surface area contributed by atoms with Crippen LogP contribution in [0.25, 0.3) is 0 Å². The maximum Gasteiger partial charge on any atom is 0.150 e. The van der Waals surface area contributed by atoms with Gasteiger partial charge >= 0.3 is 0 Å². The fraction of sp³-hybridized carbons (Fsp3) is 0.643. The summed E-state index contributed by atoms with van der Waals surface area (Å²) < 4.78 is 13.0. The summed E-state index contributed by atoms with van der Waals surface area (Å²) in [5.74, 6) is 2.64. The number of aromatic nitrogens is 4. The molecule has 0 bridgehead atoms. The molecule has 1 aliphatic heterocycles. The van der Waals surface area contributed by atoms with Crippen molar-refractivity contribution in [2.24, 2.45) is 0 Å². The van der Waals surface area contributed by atoms with Gasteiger partial charge in [-0.25, -0.2) is 9.67 Å². The lowest BCUT2D eigenvalue weighted by Crippen LogP contribution is -2.43. The van der Waals surface area contributed by atoms with E-state index in [-0.39, 0.29) is 6.10 Å². The Bertz CT molecular complexity index is 606. The molecule has 21 heavy (non-hydrogen) atoms. The highest BCUT2D eigenvalue weighted by Gasteiger charge is 2.23. The van der Waals surface area contributed by atoms with Crippen LogP contribution in [0.15, 0.2) is 10.6 Å². The van der Waals surface area contributed by atoms with Gasteiger partial charge in [0.25, 0.3) is 0 Å². The molecular formula is C14H21N5O2. The van der Waals surface area contributed by atoms with Crippen molar-refractivity contribution in [2.45, 2.75) is 40.0 Å². The molecule has 0 spiro atoms. The number of aryl methyl sites for hydroxylation is 3. The van der Waals surface area contributed by atoms with Gasteiger partial charge in [0.15, 0.2) is 5.76 Å². The smallest absolute Gasteiger partial charge is 0.150 e. The third-order valence-corrected chi connectivity index (χ3v) is 3.62. The Morgan fingerprint density at radius 1 is 1.33 bits per heavy atom. The second-order valence-corrected chi connectivity index (χ2v) is 5.55. The molecule has 2 aromatic rings. The molecule has 1 aliphatic rings. The average Bonchev–Trinajstić information content (AvgIpc) is 2.96. The summed E-state index contributed by atoms with van der Waals surface area (Å²) in [5, 5.41) is 8.32. The number of morpholine rings is 1. The van der Waals surface area contributed by atoms with E-state index in [1.165, 1.54) is 0 Å². The van der Waals surface area contributed by atoms with E-state index >= 15 is 0 Å². The van der Waals surface area contributed by atoms with E-state index in [9.17, 15) is 0 Å². The quantitative estimate of drug-likeness (QED) is 0.840. The molecule has 3 heterocycles. The van der Waals surface area contributed by atoms with Gasteiger partial charge in [-0.05, 0) is 20.8 Å². The normalized spacial score (nSPS) is 20.0. The van der Waals surface area contributed by atoms with Crippen molar-refractivity contribution >= 4 is 0 Å². The SMILES string of the molecule is Cc1cc(CN2CCOC(Cn3nc(C)nc3C)C2)on1. The first kappa shape index (κ1) is 14.2. The maximum absolute atomic E-state index is 5.84. The minimum absolute atomic E-state index is 0.127. The Kier molecular flexibility index (Phi) is 4.03. The Hall–Kier alpha value is -1.73. The molecule has 0 aliphatic carbocycles. The summed E-state index contributed by atoms with van der Waals surface area (Å²) in [6.45, 7) is 9.81. The van der Waals surface area contributed by atoms with Gasteiger partial charge < -0.3 is 9.26 Å². The molecule has 114 valence electrons. The van der Waals surface area contributed by atoms with Crippen LogP contribution < -0.4 is 0 Å². The Balaban J connectivity index is 1.59. The number of rotatable bonds is 4. The standard InChI is InChI=1S/C14H21N5O2/c1-10-6-13(21-17-10)7-18-4-5-20-14(8-18)9-19-12(3)15-11(2)16-19/h6,14H,4-5,7-9H2,1-3H3. The summed E-state index contributed by atoms with van der Waals surface area (Å²) in [6, 6.07) is 1.98. The molecule has 7 heteroatoms. The van der Waals surface area contributed by atoms with Gasteiger partial charge in [-0.2, -0.15) is 5.10 Å². The van der Waals surface area contributed by atoms with Crippen molar-refractivity contribution in [3.8, 4) is 0 Å². The van der Waals surface area contributed by atoms with Crippen LogP contribution in [-0.2, 0) is 17.8 Å². The lowest BCUT2D eigenvalue weighted by atomic mass is 10.2. The molecule has 3 rings (SSSR count). The summed E-state index contributed by atoms with van der Waals surface area (Å²) in [6.07, 6.45) is 0.127. The fourth-order valence-corrected chi connectivity index (χ4v) is 2.67. The minimum atomic E-state index is 0.127. The van der Waals surface area contributed by atoms with Crippen LogP contribution in [0.3, 0.4) is 0 Å². The highest BCUT2D eigenvalue weighted by Crippen LogP contribution is 2.13. The number of nitrogens with zero attached hydrogens (tertiary/aromatic N) is 5. The number of hydrogen-bond acceptors (Lipinski definition) is 6. The molecule has 0 N–H and O–H groups in total. The molecule has 0 radical (unpaired) electrons. The zero-order valence-electron chi connectivity index (χ0n) is 12.7. The summed E-state index contributed by atoms with van der Waals surface area (Å²) in [5.41, 5.74) is 0.920. The molecule has 0 amide bonds. The maximum atomic E-state index is 5.84. The van der Waals surface area contributed by atoms with E-state index in [2.05, 4.69) is 20.1 Å². The molecule has 0 saturated carbocycles. The summed E-state index contributed by atoms with van der Waals surface area (Å²) >= 11 is 0. The van der Waals surface area contributed by atoms with E-state index in [0.717, 1.165) is 55.9 Å². The summed E-state index contributed by atoms with van der Waals surface area (Å²) in [7, 11) is 0. The van der Waals surface area contributed by atoms with Crippen LogP contribution >= 0.6 is 0 Å². The van der Waals surface area contributed by atoms with Gasteiger partial charge in [0.1, 0.15) is 11.6 Å². The molecule has 2 aromatic heterocycles. The zero-order valence-corrected chi connectivity index (χ0v) is 12.7. The molecule has 7 nitrogen and oxygen atoms in total. The van der Waals surface area contributed by atoms with Crippen LogP contribution in [0.2, 0.25) is 0 Å². The fourth-order valence-electron chi connectivity index (χ4n) is 2.67. The third kappa shape index (κ3) is 3.48. The van der Waals surface area contributed by atoms with E-state index < -0.39 is 0 Å². The predicted molar refractivity (Wildman–Crippen MR) is 75.8 cm³/mol. The summed E-state index contributed by atoms with van der Waals surface area (Å²) in [4.78, 5) is 6.65. The van der Waals surface area contributed by atoms with E-state index in [4.69, 9.17) is 9.26 Å². The highest BCUT2D eigenvalue weighted by atomic mass is 16.5. The van der Waals surface area contributed by atoms with Crippen LogP contribution in [0, 0.1) is 20.8 Å². The highest BCUT2D eigenvalue weighted by molar-refractivity contribution is 5.03. The second-order valence-electron chi connectivity index (χ2n) is 5.55. The molecule has 1 atom stereocenters. The van der Waals surface area contributed by atoms with Gasteiger partial charge in [0, 0.05) is 19.2 Å². The van der Waals surface area contributed by atoms with Crippen molar-refractivity contribution in [3.63, 3.8) is 0 Å². The lowest BCUT2D eigenvalue weighted by Gasteiger charge is -2.32. The predicted octanol–water partition coefficient (Wildman–Crippen LogP) is 1.09. The van der Waals surface area contributed by atoms with Crippen LogP contribution in [0.1, 0.15) is 23.1 Å². The molecule has 1 fully saturated rings. The van der Waals surface area contributed by atoms with Crippen molar-refractivity contribution in [1.29, 1.82) is 0 Å². The Labute approximate surface area is 123 Å². The third-order valence-electron chi connectivity index (χ3n) is 3.62. The molecular weight excluding hydrogens is 270 g/mol. The zero-order chi connectivity index (χ0) is 14.8.